The smallest absolute Gasteiger partial charge is 0.269 e. The highest BCUT2D eigenvalue weighted by Gasteiger charge is 2.24. The Hall–Kier alpha value is -4.41. The van der Waals surface area contributed by atoms with Crippen molar-refractivity contribution in [1.82, 2.24) is 19.5 Å². The maximum Gasteiger partial charge on any atom is 0.269 e. The van der Waals surface area contributed by atoms with Gasteiger partial charge in [0.05, 0.1) is 28.9 Å². The van der Waals surface area contributed by atoms with E-state index in [1.165, 1.54) is 11.3 Å². The SMILES string of the molecule is Cc1nc(-c2cccnc2)sc1C(=O)Nc1nc2cc(N(C)C(=O)c3ccccc3)ccc2n1CC(C)(C)O. The van der Waals surface area contributed by atoms with Gasteiger partial charge in [0.2, 0.25) is 5.95 Å². The van der Waals surface area contributed by atoms with Crippen LogP contribution in [-0.4, -0.2) is 49.1 Å². The second-order valence-electron chi connectivity index (χ2n) is 9.87. The molecule has 0 atom stereocenters. The molecular weight excluding hydrogens is 512 g/mol. The van der Waals surface area contributed by atoms with Crippen LogP contribution in [0, 0.1) is 6.92 Å². The molecule has 0 spiro atoms. The molecule has 198 valence electrons. The highest BCUT2D eigenvalue weighted by Crippen LogP contribution is 2.30. The Morgan fingerprint density at radius 1 is 1.08 bits per heavy atom. The van der Waals surface area contributed by atoms with E-state index >= 15 is 0 Å². The Bertz CT molecular complexity index is 1660. The van der Waals surface area contributed by atoms with Crippen LogP contribution in [0.25, 0.3) is 21.6 Å². The predicted molar refractivity (Wildman–Crippen MR) is 153 cm³/mol. The van der Waals surface area contributed by atoms with E-state index in [1.807, 2.05) is 42.5 Å². The van der Waals surface area contributed by atoms with Gasteiger partial charge in [0, 0.05) is 36.3 Å². The van der Waals surface area contributed by atoms with Gasteiger partial charge in [0.25, 0.3) is 11.8 Å². The topological polar surface area (TPSA) is 113 Å². The monoisotopic (exact) mass is 540 g/mol. The van der Waals surface area contributed by atoms with Crippen LogP contribution in [0.4, 0.5) is 11.6 Å². The van der Waals surface area contributed by atoms with Crippen LogP contribution in [0.2, 0.25) is 0 Å². The van der Waals surface area contributed by atoms with Gasteiger partial charge in [-0.2, -0.15) is 0 Å². The van der Waals surface area contributed by atoms with Gasteiger partial charge in [-0.05, 0) is 63.2 Å². The van der Waals surface area contributed by atoms with Gasteiger partial charge in [0.15, 0.2) is 0 Å². The molecule has 2 aromatic carbocycles. The quantitative estimate of drug-likeness (QED) is 0.295. The summed E-state index contributed by atoms with van der Waals surface area (Å²) in [4.78, 5) is 41.7. The standard InChI is InChI=1S/C29H28N6O3S/c1-18-24(39-26(31-18)20-11-8-14-30-16-20)25(36)33-28-32-22-15-21(12-13-23(22)35(28)17-29(2,3)38)34(4)27(37)19-9-6-5-7-10-19/h5-16,38H,17H2,1-4H3,(H,32,33,36). The number of pyridine rings is 1. The number of rotatable bonds is 7. The lowest BCUT2D eigenvalue weighted by Gasteiger charge is -2.20. The third-order valence-electron chi connectivity index (χ3n) is 6.13. The first-order chi connectivity index (χ1) is 18.6. The molecule has 0 saturated carbocycles. The molecular formula is C29H28N6O3S. The van der Waals surface area contributed by atoms with Gasteiger partial charge in [-0.15, -0.1) is 11.3 Å². The summed E-state index contributed by atoms with van der Waals surface area (Å²) in [6.07, 6.45) is 3.39. The number of imidazole rings is 1. The molecule has 3 heterocycles. The van der Waals surface area contributed by atoms with E-state index in [-0.39, 0.29) is 18.4 Å². The number of benzene rings is 2. The van der Waals surface area contributed by atoms with E-state index in [2.05, 4.69) is 20.3 Å². The number of aliphatic hydroxyl groups is 1. The number of hydrogen-bond donors (Lipinski definition) is 2. The van der Waals surface area contributed by atoms with E-state index in [0.29, 0.717) is 43.8 Å². The number of aryl methyl sites for hydroxylation is 1. The van der Waals surface area contributed by atoms with Gasteiger partial charge in [-0.3, -0.25) is 19.9 Å². The van der Waals surface area contributed by atoms with Crippen molar-refractivity contribution in [2.75, 3.05) is 17.3 Å². The Morgan fingerprint density at radius 2 is 1.85 bits per heavy atom. The summed E-state index contributed by atoms with van der Waals surface area (Å²) >= 11 is 1.28. The largest absolute Gasteiger partial charge is 0.389 e. The van der Waals surface area contributed by atoms with Crippen molar-refractivity contribution in [3.05, 3.63) is 89.2 Å². The van der Waals surface area contributed by atoms with Gasteiger partial charge < -0.3 is 14.6 Å². The van der Waals surface area contributed by atoms with E-state index in [0.717, 1.165) is 5.56 Å². The van der Waals surface area contributed by atoms with Crippen molar-refractivity contribution in [3.8, 4) is 10.6 Å². The van der Waals surface area contributed by atoms with Crippen molar-refractivity contribution in [2.24, 2.45) is 0 Å². The van der Waals surface area contributed by atoms with Crippen LogP contribution < -0.4 is 10.2 Å². The first-order valence-electron chi connectivity index (χ1n) is 12.4. The zero-order valence-electron chi connectivity index (χ0n) is 22.0. The van der Waals surface area contributed by atoms with Crippen LogP contribution in [-0.2, 0) is 6.54 Å². The fraction of sp³-hybridized carbons (Fsp3) is 0.207. The maximum atomic E-state index is 13.4. The average Bonchev–Trinajstić information content (AvgIpc) is 3.47. The van der Waals surface area contributed by atoms with Crippen molar-refractivity contribution in [1.29, 1.82) is 0 Å². The minimum absolute atomic E-state index is 0.149. The molecule has 0 aliphatic carbocycles. The van der Waals surface area contributed by atoms with Crippen LogP contribution in [0.15, 0.2) is 73.1 Å². The fourth-order valence-corrected chi connectivity index (χ4v) is 5.19. The summed E-state index contributed by atoms with van der Waals surface area (Å²) in [6.45, 7) is 5.37. The minimum Gasteiger partial charge on any atom is -0.389 e. The molecule has 10 heteroatoms. The summed E-state index contributed by atoms with van der Waals surface area (Å²) < 4.78 is 1.77. The number of anilines is 2. The highest BCUT2D eigenvalue weighted by molar-refractivity contribution is 7.17. The summed E-state index contributed by atoms with van der Waals surface area (Å²) in [5, 5.41) is 14.2. The zero-order chi connectivity index (χ0) is 27.7. The molecule has 0 fully saturated rings. The van der Waals surface area contributed by atoms with Crippen molar-refractivity contribution < 1.29 is 14.7 Å². The Morgan fingerprint density at radius 3 is 2.54 bits per heavy atom. The molecule has 0 unspecified atom stereocenters. The zero-order valence-corrected chi connectivity index (χ0v) is 22.9. The van der Waals surface area contributed by atoms with Crippen molar-refractivity contribution in [3.63, 3.8) is 0 Å². The van der Waals surface area contributed by atoms with E-state index in [1.54, 1.807) is 67.9 Å². The molecule has 9 nitrogen and oxygen atoms in total. The van der Waals surface area contributed by atoms with Crippen LogP contribution in [0.3, 0.4) is 0 Å². The number of nitrogens with one attached hydrogen (secondary N) is 1. The van der Waals surface area contributed by atoms with Crippen LogP contribution >= 0.6 is 11.3 Å². The predicted octanol–water partition coefficient (Wildman–Crippen LogP) is 5.16. The summed E-state index contributed by atoms with van der Waals surface area (Å²) in [5.41, 5.74) is 2.89. The van der Waals surface area contributed by atoms with Crippen molar-refractivity contribution in [2.45, 2.75) is 32.9 Å². The Kier molecular flexibility index (Phi) is 6.98. The third-order valence-corrected chi connectivity index (χ3v) is 7.33. The normalized spacial score (nSPS) is 11.5. The molecule has 0 bridgehead atoms. The van der Waals surface area contributed by atoms with Gasteiger partial charge in [-0.25, -0.2) is 9.97 Å². The van der Waals surface area contributed by atoms with E-state index < -0.39 is 5.60 Å². The summed E-state index contributed by atoms with van der Waals surface area (Å²) in [6, 6.07) is 18.2. The summed E-state index contributed by atoms with van der Waals surface area (Å²) in [7, 11) is 1.71. The number of nitrogens with zero attached hydrogens (tertiary/aromatic N) is 5. The minimum atomic E-state index is -1.07. The van der Waals surface area contributed by atoms with Crippen LogP contribution in [0.5, 0.6) is 0 Å². The number of carbonyl (C=O) groups excluding carboxylic acids is 2. The molecule has 0 aliphatic heterocycles. The first-order valence-corrected chi connectivity index (χ1v) is 13.2. The van der Waals surface area contributed by atoms with Gasteiger partial charge in [0.1, 0.15) is 9.88 Å². The lowest BCUT2D eigenvalue weighted by Crippen LogP contribution is -2.28. The highest BCUT2D eigenvalue weighted by atomic mass is 32.1. The van der Waals surface area contributed by atoms with Gasteiger partial charge >= 0.3 is 0 Å². The third kappa shape index (κ3) is 5.57. The average molecular weight is 541 g/mol. The van der Waals surface area contributed by atoms with E-state index in [9.17, 15) is 14.7 Å². The lowest BCUT2D eigenvalue weighted by atomic mass is 10.1. The molecule has 0 aliphatic rings. The second kappa shape index (κ2) is 10.4. The first kappa shape index (κ1) is 26.2. The maximum absolute atomic E-state index is 13.4. The number of thiazole rings is 1. The second-order valence-corrected chi connectivity index (χ2v) is 10.9. The number of fused-ring (bicyclic) bond motifs is 1. The number of carbonyl (C=O) groups is 2. The van der Waals surface area contributed by atoms with Crippen LogP contribution in [0.1, 0.15) is 39.6 Å². The Balaban J connectivity index is 1.48. The molecule has 39 heavy (non-hydrogen) atoms. The number of hydrogen-bond acceptors (Lipinski definition) is 7. The molecule has 2 amide bonds. The Labute approximate surface area is 229 Å². The molecule has 5 rings (SSSR count). The lowest BCUT2D eigenvalue weighted by molar-refractivity contribution is 0.0630. The van der Waals surface area contributed by atoms with Gasteiger partial charge in [-0.1, -0.05) is 18.2 Å². The summed E-state index contributed by atoms with van der Waals surface area (Å²) in [5.74, 6) is -0.199. The van der Waals surface area contributed by atoms with E-state index in [4.69, 9.17) is 0 Å². The molecule has 5 aromatic rings. The molecule has 0 saturated heterocycles. The molecule has 3 aromatic heterocycles. The molecule has 0 radical (unpaired) electrons. The number of aromatic nitrogens is 4. The van der Waals surface area contributed by atoms with Crippen molar-refractivity contribution >= 4 is 45.8 Å². The molecule has 2 N–H and O–H groups in total. The number of amides is 2. The fourth-order valence-electron chi connectivity index (χ4n) is 4.24.